The lowest BCUT2D eigenvalue weighted by molar-refractivity contribution is -0.207. The lowest BCUT2D eigenvalue weighted by Crippen LogP contribution is -2.62. The smallest absolute Gasteiger partial charge is 0.161 e. The van der Waals surface area contributed by atoms with Gasteiger partial charge in [0.25, 0.3) is 0 Å². The number of rotatable bonds is 4. The molecule has 0 saturated heterocycles. The second-order valence-corrected chi connectivity index (χ2v) is 13.5. The second kappa shape index (κ2) is 8.99. The van der Waals surface area contributed by atoms with Crippen LogP contribution in [0.15, 0.2) is 12.1 Å². The molecule has 1 aromatic heterocycles. The Kier molecular flexibility index (Phi) is 6.24. The van der Waals surface area contributed by atoms with E-state index in [9.17, 15) is 24.1 Å². The Bertz CT molecular complexity index is 1130. The number of hydrogen-bond acceptors (Lipinski definition) is 4. The fourth-order valence-corrected chi connectivity index (χ4v) is 9.87. The molecule has 4 saturated carbocycles. The van der Waals surface area contributed by atoms with Crippen molar-refractivity contribution in [2.75, 3.05) is 0 Å². The van der Waals surface area contributed by atoms with E-state index in [0.717, 1.165) is 69.3 Å². The van der Waals surface area contributed by atoms with Crippen LogP contribution in [0.5, 0.6) is 0 Å². The highest BCUT2D eigenvalue weighted by Gasteiger charge is 2.65. The van der Waals surface area contributed by atoms with Gasteiger partial charge in [-0.2, -0.15) is 0 Å². The minimum Gasteiger partial charge on any atom is -0.393 e. The Morgan fingerprint density at radius 1 is 1.03 bits per heavy atom. The SMILES string of the molecule is CC(CCc1nc2cc(F)c(F)cc2[nH]1)[C@H]1CC[C@H]2[C@@H]3[C@H](O)C[C@@H]4C[C@H](O)CC[C@]4(C)[C@H]3C[C@H](O)[C@]12C. The summed E-state index contributed by atoms with van der Waals surface area (Å²) in [4.78, 5) is 7.62. The van der Waals surface area contributed by atoms with Crippen molar-refractivity contribution in [3.63, 3.8) is 0 Å². The van der Waals surface area contributed by atoms with Gasteiger partial charge in [0.15, 0.2) is 11.6 Å². The summed E-state index contributed by atoms with van der Waals surface area (Å²) < 4.78 is 27.2. The molecule has 0 aliphatic heterocycles. The van der Waals surface area contributed by atoms with Crippen molar-refractivity contribution >= 4 is 11.0 Å². The average molecular weight is 517 g/mol. The maximum Gasteiger partial charge on any atom is 0.161 e. The van der Waals surface area contributed by atoms with Gasteiger partial charge < -0.3 is 20.3 Å². The van der Waals surface area contributed by atoms with Crippen LogP contribution in [0, 0.1) is 58.0 Å². The molecule has 5 nitrogen and oxygen atoms in total. The summed E-state index contributed by atoms with van der Waals surface area (Å²) in [7, 11) is 0. The molecule has 6 rings (SSSR count). The molecule has 204 valence electrons. The van der Waals surface area contributed by atoms with Crippen LogP contribution in [0.3, 0.4) is 0 Å². The molecule has 7 heteroatoms. The van der Waals surface area contributed by atoms with Crippen molar-refractivity contribution < 1.29 is 24.1 Å². The van der Waals surface area contributed by atoms with Gasteiger partial charge in [-0.1, -0.05) is 20.8 Å². The molecule has 4 fully saturated rings. The van der Waals surface area contributed by atoms with Crippen LogP contribution in [0.4, 0.5) is 8.78 Å². The molecule has 4 aliphatic rings. The van der Waals surface area contributed by atoms with Gasteiger partial charge in [-0.3, -0.25) is 0 Å². The van der Waals surface area contributed by atoms with Crippen molar-refractivity contribution in [3.8, 4) is 0 Å². The fraction of sp³-hybridized carbons (Fsp3) is 0.767. The first kappa shape index (κ1) is 25.7. The van der Waals surface area contributed by atoms with E-state index in [2.05, 4.69) is 30.7 Å². The van der Waals surface area contributed by atoms with E-state index in [1.807, 2.05) is 0 Å². The molecule has 2 aromatic rings. The molecule has 1 unspecified atom stereocenters. The third-order valence-electron chi connectivity index (χ3n) is 11.9. The normalized spacial score (nSPS) is 44.3. The Labute approximate surface area is 218 Å². The minimum atomic E-state index is -0.886. The van der Waals surface area contributed by atoms with Gasteiger partial charge in [-0.15, -0.1) is 0 Å². The van der Waals surface area contributed by atoms with Crippen LogP contribution in [0.25, 0.3) is 11.0 Å². The Morgan fingerprint density at radius 2 is 1.78 bits per heavy atom. The maximum atomic E-state index is 13.6. The van der Waals surface area contributed by atoms with Crippen molar-refractivity contribution in [2.45, 2.75) is 96.9 Å². The number of hydrogen-bond donors (Lipinski definition) is 4. The standard InChI is InChI=1S/C30H42F2N2O3/c1-15(4-7-27-33-23-13-21(31)22(32)14-24(23)34-27)18-5-6-19-28-20(12-26(37)30(18,19)3)29(2)9-8-17(35)10-16(29)11-25(28)36/h13-20,25-26,28,35-37H,4-12H2,1-3H3,(H,33,34)/t15?,16-,17+,18+,19-,20-,25+,26-,28-,29-,30+/m0/s1. The molecule has 0 bridgehead atoms. The average Bonchev–Trinajstić information content (AvgIpc) is 3.40. The van der Waals surface area contributed by atoms with E-state index in [-0.39, 0.29) is 29.0 Å². The zero-order valence-electron chi connectivity index (χ0n) is 22.3. The van der Waals surface area contributed by atoms with Crippen molar-refractivity contribution in [1.29, 1.82) is 0 Å². The predicted molar refractivity (Wildman–Crippen MR) is 137 cm³/mol. The van der Waals surface area contributed by atoms with E-state index in [0.29, 0.717) is 47.0 Å². The molecular weight excluding hydrogens is 474 g/mol. The molecule has 1 aromatic carbocycles. The van der Waals surface area contributed by atoms with E-state index in [4.69, 9.17) is 0 Å². The first-order chi connectivity index (χ1) is 17.5. The molecule has 0 spiro atoms. The van der Waals surface area contributed by atoms with Gasteiger partial charge in [0, 0.05) is 18.6 Å². The molecule has 37 heavy (non-hydrogen) atoms. The maximum absolute atomic E-state index is 13.6. The van der Waals surface area contributed by atoms with Crippen LogP contribution in [-0.2, 0) is 6.42 Å². The van der Waals surface area contributed by atoms with Crippen molar-refractivity contribution in [3.05, 3.63) is 29.6 Å². The molecule has 4 aliphatic carbocycles. The lowest BCUT2D eigenvalue weighted by atomic mass is 9.43. The lowest BCUT2D eigenvalue weighted by Gasteiger charge is -2.63. The summed E-state index contributed by atoms with van der Waals surface area (Å²) in [5.74, 6) is 0.793. The number of aryl methyl sites for hydroxylation is 1. The van der Waals surface area contributed by atoms with Crippen LogP contribution >= 0.6 is 0 Å². The fourth-order valence-electron chi connectivity index (χ4n) is 9.87. The summed E-state index contributed by atoms with van der Waals surface area (Å²) in [6, 6.07) is 2.30. The van der Waals surface area contributed by atoms with Gasteiger partial charge in [0.2, 0.25) is 0 Å². The number of imidazole rings is 1. The van der Waals surface area contributed by atoms with E-state index >= 15 is 0 Å². The van der Waals surface area contributed by atoms with Gasteiger partial charge in [0.1, 0.15) is 5.82 Å². The van der Waals surface area contributed by atoms with Gasteiger partial charge in [-0.05, 0) is 97.7 Å². The topological polar surface area (TPSA) is 89.4 Å². The highest BCUT2D eigenvalue weighted by molar-refractivity contribution is 5.75. The van der Waals surface area contributed by atoms with Crippen LogP contribution < -0.4 is 0 Å². The second-order valence-electron chi connectivity index (χ2n) is 13.5. The molecule has 0 radical (unpaired) electrons. The van der Waals surface area contributed by atoms with Crippen LogP contribution in [0.1, 0.15) is 78.0 Å². The molecule has 4 N–H and O–H groups in total. The van der Waals surface area contributed by atoms with Crippen molar-refractivity contribution in [1.82, 2.24) is 9.97 Å². The third kappa shape index (κ3) is 3.89. The summed E-state index contributed by atoms with van der Waals surface area (Å²) in [6.07, 6.45) is 6.69. The first-order valence-electron chi connectivity index (χ1n) is 14.4. The molecule has 0 amide bonds. The van der Waals surface area contributed by atoms with E-state index < -0.39 is 17.7 Å². The number of benzene rings is 1. The molecule has 11 atom stereocenters. The third-order valence-corrected chi connectivity index (χ3v) is 11.9. The van der Waals surface area contributed by atoms with E-state index in [1.165, 1.54) is 0 Å². The van der Waals surface area contributed by atoms with E-state index in [1.54, 1.807) is 0 Å². The van der Waals surface area contributed by atoms with Gasteiger partial charge in [0.05, 0.1) is 29.3 Å². The largest absolute Gasteiger partial charge is 0.393 e. The summed E-state index contributed by atoms with van der Waals surface area (Å²) in [5.41, 5.74) is 0.794. The molecular formula is C30H42F2N2O3. The first-order valence-corrected chi connectivity index (χ1v) is 14.4. The van der Waals surface area contributed by atoms with Gasteiger partial charge in [-0.25, -0.2) is 13.8 Å². The quantitative estimate of drug-likeness (QED) is 0.440. The number of aliphatic hydroxyl groups excluding tert-OH is 3. The Morgan fingerprint density at radius 3 is 2.57 bits per heavy atom. The van der Waals surface area contributed by atoms with Crippen LogP contribution in [-0.4, -0.2) is 43.6 Å². The Hall–Kier alpha value is -1.57. The summed E-state index contributed by atoms with van der Waals surface area (Å²) >= 11 is 0. The number of nitrogens with one attached hydrogen (secondary N) is 1. The predicted octanol–water partition coefficient (Wildman–Crippen LogP) is 5.37. The minimum absolute atomic E-state index is 0.0788. The summed E-state index contributed by atoms with van der Waals surface area (Å²) in [6.45, 7) is 6.89. The summed E-state index contributed by atoms with van der Waals surface area (Å²) in [5, 5.41) is 33.5. The highest BCUT2D eigenvalue weighted by Crippen LogP contribution is 2.68. The number of aromatic nitrogens is 2. The number of nitrogens with zero attached hydrogens (tertiary/aromatic N) is 1. The monoisotopic (exact) mass is 516 g/mol. The van der Waals surface area contributed by atoms with Gasteiger partial charge >= 0.3 is 0 Å². The zero-order chi connectivity index (χ0) is 26.3. The number of aliphatic hydroxyl groups is 3. The van der Waals surface area contributed by atoms with Crippen molar-refractivity contribution in [2.24, 2.45) is 46.3 Å². The molecule has 1 heterocycles. The Balaban J connectivity index is 1.20. The highest BCUT2D eigenvalue weighted by atomic mass is 19.2. The number of fused-ring (bicyclic) bond motifs is 6. The number of halogens is 2. The zero-order valence-corrected chi connectivity index (χ0v) is 22.3. The van der Waals surface area contributed by atoms with Crippen LogP contribution in [0.2, 0.25) is 0 Å². The number of aromatic amines is 1. The number of H-pyrrole nitrogens is 1.